The predicted molar refractivity (Wildman–Crippen MR) is 123 cm³/mol. The van der Waals surface area contributed by atoms with E-state index >= 15 is 0 Å². The van der Waals surface area contributed by atoms with Crippen LogP contribution in [0.5, 0.6) is 5.75 Å². The highest BCUT2D eigenvalue weighted by molar-refractivity contribution is 5.98. The van der Waals surface area contributed by atoms with Crippen molar-refractivity contribution in [3.05, 3.63) is 65.7 Å². The van der Waals surface area contributed by atoms with E-state index in [-0.39, 0.29) is 23.1 Å². The van der Waals surface area contributed by atoms with Gasteiger partial charge < -0.3 is 19.7 Å². The quantitative estimate of drug-likeness (QED) is 0.694. The summed E-state index contributed by atoms with van der Waals surface area (Å²) in [4.78, 5) is 27.6. The molecule has 2 amide bonds. The lowest BCUT2D eigenvalue weighted by Gasteiger charge is -2.39. The largest absolute Gasteiger partial charge is 0.497 e. The van der Waals surface area contributed by atoms with E-state index in [0.717, 1.165) is 18.6 Å². The Morgan fingerprint density at radius 1 is 1.03 bits per heavy atom. The molecule has 170 valence electrons. The third kappa shape index (κ3) is 4.96. The number of Topliss-reactive ketones (excluding diaryl/α,β-unsaturated/α-hetero) is 1. The summed E-state index contributed by atoms with van der Waals surface area (Å²) in [6, 6.07) is 17.6. The van der Waals surface area contributed by atoms with Gasteiger partial charge in [-0.25, -0.2) is 4.79 Å². The molecule has 0 aliphatic carbocycles. The average Bonchev–Trinajstić information content (AvgIpc) is 2.88. The highest BCUT2D eigenvalue weighted by Gasteiger charge is 2.35. The van der Waals surface area contributed by atoms with Crippen LogP contribution in [-0.4, -0.2) is 56.7 Å². The first kappa shape index (κ1) is 22.3. The molecule has 2 heterocycles. The maximum atomic E-state index is 12.9. The number of benzene rings is 2. The number of carbonyl (C=O) groups excluding carboxylic acids is 2. The molecular weight excluding hydrogens is 404 g/mol. The average molecular weight is 437 g/mol. The Morgan fingerprint density at radius 2 is 1.69 bits per heavy atom. The number of nitrogens with one attached hydrogen (secondary N) is 1. The molecule has 0 spiro atoms. The van der Waals surface area contributed by atoms with Crippen LogP contribution in [0.1, 0.15) is 41.6 Å². The van der Waals surface area contributed by atoms with Crippen molar-refractivity contribution in [2.75, 3.05) is 40.0 Å². The van der Waals surface area contributed by atoms with Gasteiger partial charge in [-0.2, -0.15) is 0 Å². The summed E-state index contributed by atoms with van der Waals surface area (Å²) in [5, 5.41) is 3.18. The molecule has 1 N–H and O–H groups in total. The molecule has 0 radical (unpaired) electrons. The molecule has 0 atom stereocenters. The number of carbonyl (C=O) groups is 2. The maximum Gasteiger partial charge on any atom is 0.317 e. The summed E-state index contributed by atoms with van der Waals surface area (Å²) in [5.74, 6) is 0.849. The number of hydrogen-bond donors (Lipinski definition) is 1. The van der Waals surface area contributed by atoms with Crippen LogP contribution in [0.15, 0.2) is 54.6 Å². The first-order valence-electron chi connectivity index (χ1n) is 11.5. The molecule has 6 nitrogen and oxygen atoms in total. The molecule has 2 saturated heterocycles. The van der Waals surface area contributed by atoms with E-state index in [1.165, 1.54) is 5.56 Å². The number of rotatable bonds is 6. The van der Waals surface area contributed by atoms with Gasteiger partial charge in [0.1, 0.15) is 5.75 Å². The molecule has 0 saturated carbocycles. The van der Waals surface area contributed by atoms with Gasteiger partial charge in [0.05, 0.1) is 7.11 Å². The molecule has 2 aromatic rings. The van der Waals surface area contributed by atoms with Gasteiger partial charge in [-0.3, -0.25) is 4.79 Å². The molecular formula is C26H32N2O4. The van der Waals surface area contributed by atoms with Crippen LogP contribution in [0.2, 0.25) is 0 Å². The Kier molecular flexibility index (Phi) is 7.10. The number of methoxy groups -OCH3 is 1. The number of hydrogen-bond acceptors (Lipinski definition) is 4. The highest BCUT2D eigenvalue weighted by atomic mass is 16.5. The van der Waals surface area contributed by atoms with Crippen molar-refractivity contribution in [2.45, 2.75) is 31.1 Å². The molecule has 6 heteroatoms. The van der Waals surface area contributed by atoms with Crippen molar-refractivity contribution < 1.29 is 19.1 Å². The monoisotopic (exact) mass is 436 g/mol. The molecule has 32 heavy (non-hydrogen) atoms. The summed E-state index contributed by atoms with van der Waals surface area (Å²) >= 11 is 0. The first-order chi connectivity index (χ1) is 15.6. The van der Waals surface area contributed by atoms with Gasteiger partial charge in [0.15, 0.2) is 5.78 Å². The SMILES string of the molecule is COc1ccc(C(=O)C2CCN(C(=O)NCC3(c4ccccc4)CCOCC3)CC2)cc1. The van der Waals surface area contributed by atoms with Gasteiger partial charge in [0, 0.05) is 49.7 Å². The van der Waals surface area contributed by atoms with Crippen molar-refractivity contribution in [1.82, 2.24) is 10.2 Å². The molecule has 2 aromatic carbocycles. The molecule has 0 unspecified atom stereocenters. The van der Waals surface area contributed by atoms with Crippen molar-refractivity contribution in [2.24, 2.45) is 5.92 Å². The smallest absolute Gasteiger partial charge is 0.317 e. The Morgan fingerprint density at radius 3 is 2.31 bits per heavy atom. The van der Waals surface area contributed by atoms with Crippen molar-refractivity contribution in [3.63, 3.8) is 0 Å². The first-order valence-corrected chi connectivity index (χ1v) is 11.5. The number of amides is 2. The zero-order valence-corrected chi connectivity index (χ0v) is 18.7. The van der Waals surface area contributed by atoms with Crippen LogP contribution >= 0.6 is 0 Å². The summed E-state index contributed by atoms with van der Waals surface area (Å²) < 4.78 is 10.8. The van der Waals surface area contributed by atoms with E-state index in [0.29, 0.717) is 51.3 Å². The van der Waals surface area contributed by atoms with Crippen molar-refractivity contribution >= 4 is 11.8 Å². The molecule has 0 bridgehead atoms. The molecule has 2 aliphatic rings. The van der Waals surface area contributed by atoms with Gasteiger partial charge in [-0.15, -0.1) is 0 Å². The topological polar surface area (TPSA) is 67.9 Å². The lowest BCUT2D eigenvalue weighted by atomic mass is 9.74. The second-order valence-electron chi connectivity index (χ2n) is 8.77. The Hall–Kier alpha value is -2.86. The van der Waals surface area contributed by atoms with Gasteiger partial charge in [0.25, 0.3) is 0 Å². The number of nitrogens with zero attached hydrogens (tertiary/aromatic N) is 1. The molecule has 0 aromatic heterocycles. The van der Waals surface area contributed by atoms with Crippen LogP contribution in [0, 0.1) is 5.92 Å². The Bertz CT molecular complexity index is 899. The van der Waals surface area contributed by atoms with E-state index < -0.39 is 0 Å². The van der Waals surface area contributed by atoms with Gasteiger partial charge in [-0.05, 0) is 55.5 Å². The van der Waals surface area contributed by atoms with Gasteiger partial charge in [-0.1, -0.05) is 30.3 Å². The standard InChI is InChI=1S/C26H32N2O4/c1-31-23-9-7-20(8-10-23)24(29)21-11-15-28(16-12-21)25(30)27-19-26(13-17-32-18-14-26)22-5-3-2-4-6-22/h2-10,21H,11-19H2,1H3,(H,27,30). The zero-order valence-electron chi connectivity index (χ0n) is 18.7. The minimum Gasteiger partial charge on any atom is -0.497 e. The lowest BCUT2D eigenvalue weighted by molar-refractivity contribution is 0.0499. The fourth-order valence-electron chi connectivity index (χ4n) is 4.81. The van der Waals surface area contributed by atoms with Crippen LogP contribution < -0.4 is 10.1 Å². The highest BCUT2D eigenvalue weighted by Crippen LogP contribution is 2.34. The third-order valence-electron chi connectivity index (χ3n) is 6.94. The number of ketones is 1. The minimum atomic E-state index is -0.0855. The van der Waals surface area contributed by atoms with E-state index in [9.17, 15) is 9.59 Å². The van der Waals surface area contributed by atoms with Crippen LogP contribution in [0.3, 0.4) is 0 Å². The molecule has 4 rings (SSSR count). The fourth-order valence-corrected chi connectivity index (χ4v) is 4.81. The summed E-state index contributed by atoms with van der Waals surface area (Å²) in [5.41, 5.74) is 1.88. The number of urea groups is 1. The fraction of sp³-hybridized carbons (Fsp3) is 0.462. The summed E-state index contributed by atoms with van der Waals surface area (Å²) in [6.45, 7) is 3.22. The summed E-state index contributed by atoms with van der Waals surface area (Å²) in [6.07, 6.45) is 3.18. The van der Waals surface area contributed by atoms with Crippen molar-refractivity contribution in [3.8, 4) is 5.75 Å². The number of piperidine rings is 1. The van der Waals surface area contributed by atoms with Crippen LogP contribution in [-0.2, 0) is 10.2 Å². The van der Waals surface area contributed by atoms with Crippen LogP contribution in [0.4, 0.5) is 4.79 Å². The van der Waals surface area contributed by atoms with Gasteiger partial charge >= 0.3 is 6.03 Å². The second kappa shape index (κ2) is 10.2. The molecule has 2 fully saturated rings. The van der Waals surface area contributed by atoms with Crippen LogP contribution in [0.25, 0.3) is 0 Å². The minimum absolute atomic E-state index is 0.0397. The Labute approximate surface area is 189 Å². The second-order valence-corrected chi connectivity index (χ2v) is 8.77. The normalized spacial score (nSPS) is 18.7. The Balaban J connectivity index is 1.31. The van der Waals surface area contributed by atoms with E-state index in [1.807, 2.05) is 35.2 Å². The third-order valence-corrected chi connectivity index (χ3v) is 6.94. The van der Waals surface area contributed by atoms with E-state index in [2.05, 4.69) is 29.6 Å². The van der Waals surface area contributed by atoms with Gasteiger partial charge in [0.2, 0.25) is 0 Å². The molecule has 2 aliphatic heterocycles. The van der Waals surface area contributed by atoms with E-state index in [1.54, 1.807) is 7.11 Å². The van der Waals surface area contributed by atoms with E-state index in [4.69, 9.17) is 9.47 Å². The zero-order chi connectivity index (χ0) is 22.4. The van der Waals surface area contributed by atoms with Crippen molar-refractivity contribution in [1.29, 1.82) is 0 Å². The lowest BCUT2D eigenvalue weighted by Crippen LogP contribution is -2.50. The predicted octanol–water partition coefficient (Wildman–Crippen LogP) is 4.05. The number of ether oxygens (including phenoxy) is 2. The maximum absolute atomic E-state index is 12.9. The summed E-state index contributed by atoms with van der Waals surface area (Å²) in [7, 11) is 1.61. The number of likely N-dealkylation sites (tertiary alicyclic amines) is 1.